The molecular weight excluding hydrogens is 150 g/mol. The molecule has 0 unspecified atom stereocenters. The molecule has 0 saturated heterocycles. The van der Waals surface area contributed by atoms with E-state index < -0.39 is 0 Å². The van der Waals surface area contributed by atoms with Gasteiger partial charge in [0.15, 0.2) is 0 Å². The zero-order valence-electron chi connectivity index (χ0n) is 6.84. The summed E-state index contributed by atoms with van der Waals surface area (Å²) in [5.41, 5.74) is 2.19. The van der Waals surface area contributed by atoms with Crippen molar-refractivity contribution in [2.75, 3.05) is 18.5 Å². The second-order valence-corrected chi connectivity index (χ2v) is 2.73. The van der Waals surface area contributed by atoms with Crippen molar-refractivity contribution in [3.8, 4) is 5.75 Å². The first-order valence-electron chi connectivity index (χ1n) is 4.03. The van der Waals surface area contributed by atoms with E-state index in [1.165, 1.54) is 0 Å². The molecule has 0 fully saturated rings. The van der Waals surface area contributed by atoms with Gasteiger partial charge in [-0.15, -0.1) is 0 Å². The molecule has 0 bridgehead atoms. The third-order valence-corrected chi connectivity index (χ3v) is 1.91. The van der Waals surface area contributed by atoms with Crippen molar-refractivity contribution in [2.24, 2.45) is 0 Å². The predicted molar refractivity (Wildman–Crippen MR) is 50.5 cm³/mol. The molecule has 1 aliphatic rings. The fraction of sp³-hybridized carbons (Fsp3) is 0.200. The van der Waals surface area contributed by atoms with Crippen molar-refractivity contribution < 1.29 is 4.74 Å². The molecule has 0 radical (unpaired) electrons. The third-order valence-electron chi connectivity index (χ3n) is 1.91. The van der Waals surface area contributed by atoms with Gasteiger partial charge in [-0.3, -0.25) is 0 Å². The van der Waals surface area contributed by atoms with E-state index in [1.54, 1.807) is 0 Å². The molecule has 0 spiro atoms. The SMILES string of the molecule is C=Cc1ccc2c(c1)NCCO2. The van der Waals surface area contributed by atoms with E-state index in [0.29, 0.717) is 0 Å². The van der Waals surface area contributed by atoms with Gasteiger partial charge in [-0.05, 0) is 17.7 Å². The van der Waals surface area contributed by atoms with Crippen LogP contribution in [0.3, 0.4) is 0 Å². The number of benzene rings is 1. The number of hydrogen-bond acceptors (Lipinski definition) is 2. The lowest BCUT2D eigenvalue weighted by Crippen LogP contribution is -2.17. The minimum absolute atomic E-state index is 0.750. The Bertz CT molecular complexity index is 307. The van der Waals surface area contributed by atoms with Crippen LogP contribution in [0.5, 0.6) is 5.75 Å². The maximum Gasteiger partial charge on any atom is 0.142 e. The van der Waals surface area contributed by atoms with E-state index >= 15 is 0 Å². The molecular formula is C10H11NO. The van der Waals surface area contributed by atoms with E-state index in [0.717, 1.165) is 30.2 Å². The minimum atomic E-state index is 0.750. The molecule has 1 aromatic carbocycles. The van der Waals surface area contributed by atoms with Crippen LogP contribution in [-0.4, -0.2) is 13.2 Å². The summed E-state index contributed by atoms with van der Waals surface area (Å²) in [5, 5.41) is 3.26. The van der Waals surface area contributed by atoms with Crippen LogP contribution in [0.1, 0.15) is 5.56 Å². The van der Waals surface area contributed by atoms with Crippen molar-refractivity contribution in [1.82, 2.24) is 0 Å². The monoisotopic (exact) mass is 161 g/mol. The van der Waals surface area contributed by atoms with Gasteiger partial charge in [0.1, 0.15) is 12.4 Å². The highest BCUT2D eigenvalue weighted by molar-refractivity contribution is 5.64. The molecule has 0 aliphatic carbocycles. The normalized spacial score (nSPS) is 14.0. The number of ether oxygens (including phenoxy) is 1. The van der Waals surface area contributed by atoms with E-state index in [9.17, 15) is 0 Å². The Morgan fingerprint density at radius 2 is 2.42 bits per heavy atom. The zero-order chi connectivity index (χ0) is 8.39. The summed E-state index contributed by atoms with van der Waals surface area (Å²) in [6, 6.07) is 6.01. The second kappa shape index (κ2) is 2.89. The number of rotatable bonds is 1. The smallest absolute Gasteiger partial charge is 0.142 e. The Morgan fingerprint density at radius 1 is 1.50 bits per heavy atom. The van der Waals surface area contributed by atoms with Crippen LogP contribution < -0.4 is 10.1 Å². The molecule has 0 atom stereocenters. The van der Waals surface area contributed by atoms with Gasteiger partial charge in [0, 0.05) is 6.54 Å². The van der Waals surface area contributed by atoms with Gasteiger partial charge >= 0.3 is 0 Å². The number of hydrogen-bond donors (Lipinski definition) is 1. The maximum absolute atomic E-state index is 5.43. The van der Waals surface area contributed by atoms with Crippen LogP contribution >= 0.6 is 0 Å². The predicted octanol–water partition coefficient (Wildman–Crippen LogP) is 2.13. The number of anilines is 1. The standard InChI is InChI=1S/C10H11NO/c1-2-8-3-4-10-9(7-8)11-5-6-12-10/h2-4,7,11H,1,5-6H2. The highest BCUT2D eigenvalue weighted by Gasteiger charge is 2.07. The van der Waals surface area contributed by atoms with E-state index in [-0.39, 0.29) is 0 Å². The molecule has 1 heterocycles. The molecule has 62 valence electrons. The topological polar surface area (TPSA) is 21.3 Å². The largest absolute Gasteiger partial charge is 0.490 e. The Kier molecular flexibility index (Phi) is 1.74. The van der Waals surface area contributed by atoms with E-state index in [4.69, 9.17) is 4.74 Å². The average Bonchev–Trinajstić information content (AvgIpc) is 2.17. The highest BCUT2D eigenvalue weighted by atomic mass is 16.5. The lowest BCUT2D eigenvalue weighted by atomic mass is 10.1. The van der Waals surface area contributed by atoms with Gasteiger partial charge < -0.3 is 10.1 Å². The molecule has 12 heavy (non-hydrogen) atoms. The van der Waals surface area contributed by atoms with Crippen LogP contribution in [0.4, 0.5) is 5.69 Å². The Labute approximate surface area is 71.9 Å². The fourth-order valence-corrected chi connectivity index (χ4v) is 1.29. The molecule has 1 N–H and O–H groups in total. The van der Waals surface area contributed by atoms with Crippen molar-refractivity contribution in [2.45, 2.75) is 0 Å². The summed E-state index contributed by atoms with van der Waals surface area (Å²) in [6.45, 7) is 5.34. The van der Waals surface area contributed by atoms with Crippen molar-refractivity contribution in [1.29, 1.82) is 0 Å². The summed E-state index contributed by atoms with van der Waals surface area (Å²) in [6.07, 6.45) is 1.83. The number of nitrogens with one attached hydrogen (secondary N) is 1. The molecule has 0 aromatic heterocycles. The Balaban J connectivity index is 2.42. The molecule has 2 heteroatoms. The molecule has 1 aliphatic heterocycles. The molecule has 2 rings (SSSR count). The van der Waals surface area contributed by atoms with Crippen molar-refractivity contribution >= 4 is 11.8 Å². The van der Waals surface area contributed by atoms with Crippen LogP contribution in [0, 0.1) is 0 Å². The van der Waals surface area contributed by atoms with Gasteiger partial charge in [-0.2, -0.15) is 0 Å². The average molecular weight is 161 g/mol. The van der Waals surface area contributed by atoms with Crippen molar-refractivity contribution in [3.63, 3.8) is 0 Å². The van der Waals surface area contributed by atoms with E-state index in [1.807, 2.05) is 24.3 Å². The molecule has 2 nitrogen and oxygen atoms in total. The molecule has 1 aromatic rings. The van der Waals surface area contributed by atoms with Crippen LogP contribution in [0.15, 0.2) is 24.8 Å². The lowest BCUT2D eigenvalue weighted by molar-refractivity contribution is 0.323. The first-order chi connectivity index (χ1) is 5.90. The van der Waals surface area contributed by atoms with Crippen molar-refractivity contribution in [3.05, 3.63) is 30.3 Å². The van der Waals surface area contributed by atoms with Crippen LogP contribution in [-0.2, 0) is 0 Å². The van der Waals surface area contributed by atoms with Gasteiger partial charge in [0.2, 0.25) is 0 Å². The number of fused-ring (bicyclic) bond motifs is 1. The van der Waals surface area contributed by atoms with Gasteiger partial charge in [0.25, 0.3) is 0 Å². The lowest BCUT2D eigenvalue weighted by Gasteiger charge is -2.19. The Morgan fingerprint density at radius 3 is 3.25 bits per heavy atom. The summed E-state index contributed by atoms with van der Waals surface area (Å²) in [5.74, 6) is 0.937. The van der Waals surface area contributed by atoms with E-state index in [2.05, 4.69) is 11.9 Å². The first kappa shape index (κ1) is 7.22. The zero-order valence-corrected chi connectivity index (χ0v) is 6.84. The summed E-state index contributed by atoms with van der Waals surface area (Å²) >= 11 is 0. The summed E-state index contributed by atoms with van der Waals surface area (Å²) in [7, 11) is 0. The maximum atomic E-state index is 5.43. The highest BCUT2D eigenvalue weighted by Crippen LogP contribution is 2.28. The summed E-state index contributed by atoms with van der Waals surface area (Å²) in [4.78, 5) is 0. The third kappa shape index (κ3) is 1.16. The fourth-order valence-electron chi connectivity index (χ4n) is 1.29. The molecule has 0 saturated carbocycles. The van der Waals surface area contributed by atoms with Gasteiger partial charge in [0.05, 0.1) is 5.69 Å². The Hall–Kier alpha value is -1.44. The second-order valence-electron chi connectivity index (χ2n) is 2.73. The van der Waals surface area contributed by atoms with Gasteiger partial charge in [-0.25, -0.2) is 0 Å². The van der Waals surface area contributed by atoms with Crippen LogP contribution in [0.2, 0.25) is 0 Å². The minimum Gasteiger partial charge on any atom is -0.490 e. The summed E-state index contributed by atoms with van der Waals surface area (Å²) < 4.78 is 5.43. The first-order valence-corrected chi connectivity index (χ1v) is 4.03. The quantitative estimate of drug-likeness (QED) is 0.681. The molecule has 0 amide bonds. The van der Waals surface area contributed by atoms with Crippen LogP contribution in [0.25, 0.3) is 6.08 Å². The van der Waals surface area contributed by atoms with Gasteiger partial charge in [-0.1, -0.05) is 18.7 Å².